The number of rotatable bonds is 5. The maximum absolute atomic E-state index is 13.5. The predicted molar refractivity (Wildman–Crippen MR) is 100 cm³/mol. The fourth-order valence-electron chi connectivity index (χ4n) is 3.90. The lowest BCUT2D eigenvalue weighted by Gasteiger charge is -2.39. The average Bonchev–Trinajstić information content (AvgIpc) is 2.72. The Morgan fingerprint density at radius 3 is 2.43 bits per heavy atom. The Bertz CT molecular complexity index is 898. The van der Waals surface area contributed by atoms with Gasteiger partial charge in [0.05, 0.1) is 11.6 Å². The number of hydrogen-bond donors (Lipinski definition) is 0. The molecule has 1 heterocycles. The molecule has 1 aliphatic rings. The van der Waals surface area contributed by atoms with Crippen molar-refractivity contribution in [3.8, 4) is 6.07 Å². The van der Waals surface area contributed by atoms with Gasteiger partial charge in [0, 0.05) is 18.3 Å². The maximum atomic E-state index is 13.5. The first-order valence-electron chi connectivity index (χ1n) is 9.12. The summed E-state index contributed by atoms with van der Waals surface area (Å²) in [7, 11) is 0. The van der Waals surface area contributed by atoms with Gasteiger partial charge in [-0.1, -0.05) is 55.8 Å². The molecule has 1 aromatic heterocycles. The highest BCUT2D eigenvalue weighted by molar-refractivity contribution is 5.49. The quantitative estimate of drug-likeness (QED) is 0.685. The highest BCUT2D eigenvalue weighted by atomic mass is 19.4. The summed E-state index contributed by atoms with van der Waals surface area (Å²) in [6.07, 6.45) is 5.48. The molecule has 1 aliphatic carbocycles. The lowest BCUT2D eigenvalue weighted by atomic mass is 9.61. The molecule has 0 N–H and O–H groups in total. The van der Waals surface area contributed by atoms with Crippen LogP contribution in [0.15, 0.2) is 72.9 Å². The number of nitriles is 1. The third-order valence-corrected chi connectivity index (χ3v) is 5.20. The van der Waals surface area contributed by atoms with Crippen molar-refractivity contribution in [3.63, 3.8) is 0 Å². The zero-order valence-electron chi connectivity index (χ0n) is 15.4. The van der Waals surface area contributed by atoms with Gasteiger partial charge in [-0.05, 0) is 29.5 Å². The van der Waals surface area contributed by atoms with Gasteiger partial charge in [0.25, 0.3) is 0 Å². The minimum atomic E-state index is -4.52. The Labute approximate surface area is 162 Å². The summed E-state index contributed by atoms with van der Waals surface area (Å²) >= 11 is 0. The highest BCUT2D eigenvalue weighted by Gasteiger charge is 2.47. The summed E-state index contributed by atoms with van der Waals surface area (Å²) in [5.41, 5.74) is -0.866. The van der Waals surface area contributed by atoms with Gasteiger partial charge in [-0.15, -0.1) is 0 Å². The van der Waals surface area contributed by atoms with E-state index in [1.165, 1.54) is 12.4 Å². The molecule has 3 rings (SSSR count). The molecule has 2 aromatic rings. The Morgan fingerprint density at radius 2 is 1.86 bits per heavy atom. The lowest BCUT2D eigenvalue weighted by Crippen LogP contribution is -2.38. The first kappa shape index (κ1) is 19.8. The van der Waals surface area contributed by atoms with Crippen molar-refractivity contribution in [2.75, 3.05) is 0 Å². The summed E-state index contributed by atoms with van der Waals surface area (Å²) in [4.78, 5) is 8.14. The summed E-state index contributed by atoms with van der Waals surface area (Å²) in [5, 5.41) is 10.2. The number of aromatic nitrogens is 2. The van der Waals surface area contributed by atoms with E-state index in [2.05, 4.69) is 16.0 Å². The molecule has 3 nitrogen and oxygen atoms in total. The number of hydrogen-bond acceptors (Lipinski definition) is 3. The summed E-state index contributed by atoms with van der Waals surface area (Å²) in [6, 6.07) is 10.9. The molecular weight excluding hydrogens is 363 g/mol. The molecule has 3 unspecified atom stereocenters. The van der Waals surface area contributed by atoms with Crippen LogP contribution in [-0.4, -0.2) is 16.1 Å². The molecule has 0 spiro atoms. The van der Waals surface area contributed by atoms with Crippen molar-refractivity contribution in [1.82, 2.24) is 9.97 Å². The van der Waals surface area contributed by atoms with Crippen LogP contribution in [0.2, 0.25) is 0 Å². The standard InChI is InChI=1S/C22H20F3N3/c1-2-6-19(16-12-27-15-28-13-16)20-10-9-18(22(23,24)25)11-21(20,14-26)17-7-4-3-5-8-17/h3-5,7-13,15,19-20H,2,6H2,1H3. The SMILES string of the molecule is CCCC(c1cncnc1)C1C=CC(C(F)(F)F)=CC1(C#N)c1ccccc1. The van der Waals surface area contributed by atoms with Crippen LogP contribution < -0.4 is 0 Å². The first-order chi connectivity index (χ1) is 13.4. The summed E-state index contributed by atoms with van der Waals surface area (Å²) in [5.74, 6) is -0.662. The van der Waals surface area contributed by atoms with E-state index in [9.17, 15) is 18.4 Å². The molecular formula is C22H20F3N3. The van der Waals surface area contributed by atoms with Crippen LogP contribution in [0.4, 0.5) is 13.2 Å². The second kappa shape index (κ2) is 7.97. The van der Waals surface area contributed by atoms with Crippen LogP contribution in [0.5, 0.6) is 0 Å². The Balaban J connectivity index is 2.20. The Hall–Kier alpha value is -2.94. The summed E-state index contributed by atoms with van der Waals surface area (Å²) in [6.45, 7) is 2.01. The van der Waals surface area contributed by atoms with Crippen LogP contribution in [0.25, 0.3) is 0 Å². The molecule has 0 saturated heterocycles. The van der Waals surface area contributed by atoms with Crippen molar-refractivity contribution < 1.29 is 13.2 Å². The fraction of sp³-hybridized carbons (Fsp3) is 0.318. The molecule has 1 aromatic carbocycles. The van der Waals surface area contributed by atoms with Gasteiger partial charge in [-0.25, -0.2) is 9.97 Å². The molecule has 0 saturated carbocycles. The topological polar surface area (TPSA) is 49.6 Å². The zero-order chi connectivity index (χ0) is 20.2. The number of halogens is 3. The number of alkyl halides is 3. The van der Waals surface area contributed by atoms with Gasteiger partial charge in [-0.3, -0.25) is 0 Å². The van der Waals surface area contributed by atoms with Gasteiger partial charge in [0.2, 0.25) is 0 Å². The molecule has 6 heteroatoms. The monoisotopic (exact) mass is 383 g/mol. The molecule has 28 heavy (non-hydrogen) atoms. The van der Waals surface area contributed by atoms with E-state index in [1.54, 1.807) is 42.7 Å². The molecule has 0 amide bonds. The van der Waals surface area contributed by atoms with Gasteiger partial charge >= 0.3 is 6.18 Å². The smallest absolute Gasteiger partial charge is 0.245 e. The van der Waals surface area contributed by atoms with Crippen molar-refractivity contribution in [2.45, 2.75) is 37.3 Å². The third-order valence-electron chi connectivity index (χ3n) is 5.20. The van der Waals surface area contributed by atoms with Crippen molar-refractivity contribution >= 4 is 0 Å². The van der Waals surface area contributed by atoms with E-state index in [4.69, 9.17) is 0 Å². The van der Waals surface area contributed by atoms with Crippen LogP contribution in [-0.2, 0) is 5.41 Å². The normalized spacial score (nSPS) is 23.0. The van der Waals surface area contributed by atoms with E-state index < -0.39 is 23.1 Å². The summed E-state index contributed by atoms with van der Waals surface area (Å²) < 4.78 is 40.5. The zero-order valence-corrected chi connectivity index (χ0v) is 15.4. The van der Waals surface area contributed by atoms with E-state index in [-0.39, 0.29) is 5.92 Å². The van der Waals surface area contributed by atoms with E-state index in [0.717, 1.165) is 24.1 Å². The second-order valence-electron chi connectivity index (χ2n) is 6.90. The third kappa shape index (κ3) is 3.70. The number of nitrogens with zero attached hydrogens (tertiary/aromatic N) is 3. The van der Waals surface area contributed by atoms with Gasteiger partial charge in [0.1, 0.15) is 11.7 Å². The maximum Gasteiger partial charge on any atom is 0.416 e. The molecule has 3 atom stereocenters. The molecule has 0 bridgehead atoms. The van der Waals surface area contributed by atoms with Crippen molar-refractivity contribution in [3.05, 3.63) is 84.0 Å². The van der Waals surface area contributed by atoms with Crippen LogP contribution in [0, 0.1) is 17.2 Å². The Morgan fingerprint density at radius 1 is 1.18 bits per heavy atom. The van der Waals surface area contributed by atoms with E-state index in [1.807, 2.05) is 6.92 Å². The van der Waals surface area contributed by atoms with E-state index >= 15 is 0 Å². The van der Waals surface area contributed by atoms with Crippen molar-refractivity contribution in [1.29, 1.82) is 5.26 Å². The molecule has 144 valence electrons. The van der Waals surface area contributed by atoms with Crippen LogP contribution in [0.1, 0.15) is 36.8 Å². The molecule has 0 radical (unpaired) electrons. The fourth-order valence-corrected chi connectivity index (χ4v) is 3.90. The predicted octanol–water partition coefficient (Wildman–Crippen LogP) is 5.50. The van der Waals surface area contributed by atoms with Crippen LogP contribution in [0.3, 0.4) is 0 Å². The minimum absolute atomic E-state index is 0.187. The molecule has 0 aliphatic heterocycles. The largest absolute Gasteiger partial charge is 0.416 e. The van der Waals surface area contributed by atoms with Crippen molar-refractivity contribution in [2.24, 2.45) is 5.92 Å². The van der Waals surface area contributed by atoms with E-state index in [0.29, 0.717) is 12.0 Å². The number of allylic oxidation sites excluding steroid dienone is 4. The van der Waals surface area contributed by atoms with Gasteiger partial charge < -0.3 is 0 Å². The number of benzene rings is 1. The highest BCUT2D eigenvalue weighted by Crippen LogP contribution is 2.49. The second-order valence-corrected chi connectivity index (χ2v) is 6.90. The average molecular weight is 383 g/mol. The van der Waals surface area contributed by atoms with Gasteiger partial charge in [0.15, 0.2) is 0 Å². The lowest BCUT2D eigenvalue weighted by molar-refractivity contribution is -0.0891. The molecule has 0 fully saturated rings. The minimum Gasteiger partial charge on any atom is -0.245 e. The first-order valence-corrected chi connectivity index (χ1v) is 9.12. The Kier molecular flexibility index (Phi) is 5.64. The van der Waals surface area contributed by atoms with Gasteiger partial charge in [-0.2, -0.15) is 18.4 Å². The van der Waals surface area contributed by atoms with Crippen LogP contribution >= 0.6 is 0 Å².